The lowest BCUT2D eigenvalue weighted by molar-refractivity contribution is 0.571. The van der Waals surface area contributed by atoms with Crippen LogP contribution in [0, 0.1) is 5.82 Å². The van der Waals surface area contributed by atoms with Crippen LogP contribution in [0.1, 0.15) is 5.69 Å². The second-order valence-electron chi connectivity index (χ2n) is 4.68. The Hall–Kier alpha value is -2.61. The summed E-state index contributed by atoms with van der Waals surface area (Å²) < 4.78 is 20.4. The Morgan fingerprint density at radius 1 is 1.39 bits per heavy atom. The summed E-state index contributed by atoms with van der Waals surface area (Å²) in [6.07, 6.45) is 3.27. The minimum atomic E-state index is -0.329. The van der Waals surface area contributed by atoms with E-state index in [0.29, 0.717) is 34.9 Å². The van der Waals surface area contributed by atoms with Crippen molar-refractivity contribution in [2.24, 2.45) is 0 Å². The Bertz CT molecular complexity index is 829. The summed E-state index contributed by atoms with van der Waals surface area (Å²) in [7, 11) is 0. The number of nitrogen functional groups attached to an aromatic ring is 1. The van der Waals surface area contributed by atoms with Crippen LogP contribution >= 0.6 is 11.8 Å². The van der Waals surface area contributed by atoms with Crippen LogP contribution in [0.2, 0.25) is 0 Å². The van der Waals surface area contributed by atoms with Gasteiger partial charge in [0.05, 0.1) is 5.69 Å². The van der Waals surface area contributed by atoms with Gasteiger partial charge in [0, 0.05) is 17.9 Å². The van der Waals surface area contributed by atoms with Gasteiger partial charge in [0.15, 0.2) is 5.16 Å². The van der Waals surface area contributed by atoms with Crippen molar-refractivity contribution in [3.8, 4) is 11.5 Å². The largest absolute Gasteiger partial charge is 0.444 e. The molecule has 3 aromatic rings. The van der Waals surface area contributed by atoms with Crippen LogP contribution in [0.3, 0.4) is 0 Å². The van der Waals surface area contributed by atoms with Crippen molar-refractivity contribution in [3.63, 3.8) is 0 Å². The summed E-state index contributed by atoms with van der Waals surface area (Å²) in [5.74, 6) is 0.929. The number of rotatable bonds is 6. The molecular formula is C15H14FN5OS. The van der Waals surface area contributed by atoms with Gasteiger partial charge >= 0.3 is 0 Å². The number of oxazole rings is 1. The summed E-state index contributed by atoms with van der Waals surface area (Å²) in [5, 5.41) is 8.55. The number of nitrogens with zero attached hydrogens (tertiary/aromatic N) is 4. The van der Waals surface area contributed by atoms with E-state index in [1.54, 1.807) is 29.0 Å². The predicted molar refractivity (Wildman–Crippen MR) is 86.1 cm³/mol. The van der Waals surface area contributed by atoms with Crippen LogP contribution in [0.4, 0.5) is 10.3 Å². The maximum Gasteiger partial charge on any atom is 0.226 e. The summed E-state index contributed by atoms with van der Waals surface area (Å²) in [6, 6.07) is 6.11. The van der Waals surface area contributed by atoms with Gasteiger partial charge in [-0.15, -0.1) is 16.8 Å². The molecule has 118 valence electrons. The summed E-state index contributed by atoms with van der Waals surface area (Å²) in [5.41, 5.74) is 7.07. The molecule has 2 N–H and O–H groups in total. The lowest BCUT2D eigenvalue weighted by Gasteiger charge is -2.03. The molecule has 2 heterocycles. The van der Waals surface area contributed by atoms with E-state index >= 15 is 0 Å². The average molecular weight is 331 g/mol. The predicted octanol–water partition coefficient (Wildman–Crippen LogP) is 3.13. The molecule has 3 rings (SSSR count). The quantitative estimate of drug-likeness (QED) is 0.552. The number of thioether (sulfide) groups is 1. The third-order valence-corrected chi connectivity index (χ3v) is 4.03. The van der Waals surface area contributed by atoms with Crippen molar-refractivity contribution in [3.05, 3.63) is 54.7 Å². The SMILES string of the molecule is C=CCn1c(N)nnc1SCc1coc(-c2cccc(F)c2)n1. The number of hydrogen-bond donors (Lipinski definition) is 1. The van der Waals surface area contributed by atoms with Crippen molar-refractivity contribution in [2.75, 3.05) is 5.73 Å². The van der Waals surface area contributed by atoms with E-state index in [1.165, 1.54) is 23.9 Å². The normalized spacial score (nSPS) is 10.8. The third kappa shape index (κ3) is 3.42. The molecule has 0 atom stereocenters. The number of benzene rings is 1. The second-order valence-corrected chi connectivity index (χ2v) is 5.63. The Balaban J connectivity index is 1.71. The first-order valence-electron chi connectivity index (χ1n) is 6.80. The van der Waals surface area contributed by atoms with Crippen molar-refractivity contribution < 1.29 is 8.81 Å². The average Bonchev–Trinajstić information content (AvgIpc) is 3.14. The highest BCUT2D eigenvalue weighted by Gasteiger charge is 2.12. The van der Waals surface area contributed by atoms with E-state index in [9.17, 15) is 4.39 Å². The van der Waals surface area contributed by atoms with Gasteiger partial charge in [-0.3, -0.25) is 4.57 Å². The number of hydrogen-bond acceptors (Lipinski definition) is 6. The van der Waals surface area contributed by atoms with Gasteiger partial charge in [-0.25, -0.2) is 9.37 Å². The molecule has 0 saturated carbocycles. The number of aromatic nitrogens is 4. The highest BCUT2D eigenvalue weighted by molar-refractivity contribution is 7.98. The van der Waals surface area contributed by atoms with Crippen LogP contribution < -0.4 is 5.73 Å². The number of halogens is 1. The molecule has 1 aromatic carbocycles. The maximum atomic E-state index is 13.2. The second kappa shape index (κ2) is 6.66. The molecule has 0 saturated heterocycles. The fourth-order valence-electron chi connectivity index (χ4n) is 1.97. The van der Waals surface area contributed by atoms with Crippen LogP contribution in [0.25, 0.3) is 11.5 Å². The van der Waals surface area contributed by atoms with E-state index in [4.69, 9.17) is 10.2 Å². The molecule has 0 unspecified atom stereocenters. The first-order chi connectivity index (χ1) is 11.2. The van der Waals surface area contributed by atoms with Gasteiger partial charge in [0.1, 0.15) is 12.1 Å². The smallest absolute Gasteiger partial charge is 0.226 e. The first-order valence-corrected chi connectivity index (χ1v) is 7.78. The Labute approximate surface area is 136 Å². The van der Waals surface area contributed by atoms with E-state index in [2.05, 4.69) is 21.8 Å². The molecule has 0 radical (unpaired) electrons. The zero-order valence-electron chi connectivity index (χ0n) is 12.1. The number of allylic oxidation sites excluding steroid dienone is 1. The molecule has 0 spiro atoms. The van der Waals surface area contributed by atoms with Gasteiger partial charge in [0.2, 0.25) is 11.8 Å². The summed E-state index contributed by atoms with van der Waals surface area (Å²) in [6.45, 7) is 4.22. The Morgan fingerprint density at radius 2 is 2.26 bits per heavy atom. The molecule has 0 amide bonds. The van der Waals surface area contributed by atoms with Gasteiger partial charge in [-0.2, -0.15) is 0 Å². The van der Waals surface area contributed by atoms with Crippen molar-refractivity contribution in [1.29, 1.82) is 0 Å². The van der Waals surface area contributed by atoms with Crippen LogP contribution in [0.5, 0.6) is 0 Å². The molecule has 0 aliphatic rings. The molecule has 0 fully saturated rings. The maximum absolute atomic E-state index is 13.2. The molecule has 2 aromatic heterocycles. The standard InChI is InChI=1S/C15H14FN5OS/c1-2-6-21-14(17)19-20-15(21)23-9-12-8-22-13(18-12)10-4-3-5-11(16)7-10/h2-5,7-8H,1,6,9H2,(H2,17,19). The first kappa shape index (κ1) is 15.3. The van der Waals surface area contributed by atoms with Crippen LogP contribution in [-0.4, -0.2) is 19.7 Å². The van der Waals surface area contributed by atoms with Crippen molar-refractivity contribution in [1.82, 2.24) is 19.7 Å². The van der Waals surface area contributed by atoms with Crippen LogP contribution in [-0.2, 0) is 12.3 Å². The highest BCUT2D eigenvalue weighted by Crippen LogP contribution is 2.25. The molecule has 0 aliphatic carbocycles. The molecule has 8 heteroatoms. The number of nitrogens with two attached hydrogens (primary N) is 1. The monoisotopic (exact) mass is 331 g/mol. The highest BCUT2D eigenvalue weighted by atomic mass is 32.2. The lowest BCUT2D eigenvalue weighted by Crippen LogP contribution is -2.03. The van der Waals surface area contributed by atoms with E-state index in [0.717, 1.165) is 5.69 Å². The molecule has 0 aliphatic heterocycles. The number of anilines is 1. The van der Waals surface area contributed by atoms with Gasteiger partial charge in [-0.1, -0.05) is 23.9 Å². The van der Waals surface area contributed by atoms with Crippen molar-refractivity contribution >= 4 is 17.7 Å². The van der Waals surface area contributed by atoms with E-state index < -0.39 is 0 Å². The van der Waals surface area contributed by atoms with E-state index in [-0.39, 0.29) is 5.82 Å². The Morgan fingerprint density at radius 3 is 3.04 bits per heavy atom. The molecular weight excluding hydrogens is 317 g/mol. The fraction of sp³-hybridized carbons (Fsp3) is 0.133. The topological polar surface area (TPSA) is 82.8 Å². The lowest BCUT2D eigenvalue weighted by atomic mass is 10.2. The zero-order chi connectivity index (χ0) is 16.2. The van der Waals surface area contributed by atoms with E-state index in [1.807, 2.05) is 0 Å². The fourth-order valence-corrected chi connectivity index (χ4v) is 2.81. The van der Waals surface area contributed by atoms with Crippen molar-refractivity contribution in [2.45, 2.75) is 17.5 Å². The van der Waals surface area contributed by atoms with Crippen LogP contribution in [0.15, 0.2) is 52.8 Å². The minimum Gasteiger partial charge on any atom is -0.444 e. The summed E-state index contributed by atoms with van der Waals surface area (Å²) >= 11 is 1.44. The van der Waals surface area contributed by atoms with Gasteiger partial charge < -0.3 is 10.2 Å². The van der Waals surface area contributed by atoms with Gasteiger partial charge in [-0.05, 0) is 18.2 Å². The van der Waals surface area contributed by atoms with Gasteiger partial charge in [0.25, 0.3) is 0 Å². The minimum absolute atomic E-state index is 0.329. The Kier molecular flexibility index (Phi) is 4.42. The zero-order valence-corrected chi connectivity index (χ0v) is 13.0. The molecule has 6 nitrogen and oxygen atoms in total. The molecule has 0 bridgehead atoms. The summed E-state index contributed by atoms with van der Waals surface area (Å²) in [4.78, 5) is 4.36. The third-order valence-electron chi connectivity index (χ3n) is 3.03. The molecule has 23 heavy (non-hydrogen) atoms.